The third kappa shape index (κ3) is 3.17. The lowest BCUT2D eigenvalue weighted by Gasteiger charge is -2.21. The highest BCUT2D eigenvalue weighted by atomic mass is 16.5. The molecular weight excluding hydrogens is 268 g/mol. The molecule has 0 amide bonds. The number of nitrogens with one attached hydrogen (secondary N) is 1. The van der Waals surface area contributed by atoms with Crippen molar-refractivity contribution < 1.29 is 9.47 Å². The van der Waals surface area contributed by atoms with E-state index in [4.69, 9.17) is 15.3 Å². The molecule has 0 radical (unpaired) electrons. The molecule has 1 aromatic heterocycles. The number of aromatic nitrogens is 2. The van der Waals surface area contributed by atoms with Crippen molar-refractivity contribution in [1.29, 1.82) is 0 Å². The van der Waals surface area contributed by atoms with Crippen LogP contribution in [0.3, 0.4) is 0 Å². The molecule has 2 rings (SSSR count). The van der Waals surface area contributed by atoms with Gasteiger partial charge in [-0.15, -0.1) is 0 Å². The minimum atomic E-state index is -0.149. The Kier molecular flexibility index (Phi) is 5.19. The van der Waals surface area contributed by atoms with Crippen LogP contribution in [-0.4, -0.2) is 23.8 Å². The third-order valence-electron chi connectivity index (χ3n) is 3.54. The molecule has 6 nitrogen and oxygen atoms in total. The Balaban J connectivity index is 2.37. The van der Waals surface area contributed by atoms with Crippen LogP contribution in [0.15, 0.2) is 30.6 Å². The number of hydrogen-bond acceptors (Lipinski definition) is 5. The van der Waals surface area contributed by atoms with Crippen LogP contribution < -0.4 is 20.7 Å². The van der Waals surface area contributed by atoms with Crippen molar-refractivity contribution in [3.63, 3.8) is 0 Å². The molecule has 1 unspecified atom stereocenters. The first kappa shape index (κ1) is 15.3. The number of benzene rings is 1. The highest BCUT2D eigenvalue weighted by Crippen LogP contribution is 2.35. The first-order valence-corrected chi connectivity index (χ1v) is 6.92. The maximum Gasteiger partial charge on any atom is 0.127 e. The summed E-state index contributed by atoms with van der Waals surface area (Å²) in [6.45, 7) is 2.95. The maximum absolute atomic E-state index is 5.76. The summed E-state index contributed by atoms with van der Waals surface area (Å²) in [6, 6.07) is 5.54. The van der Waals surface area contributed by atoms with Crippen molar-refractivity contribution in [2.45, 2.75) is 25.9 Å². The van der Waals surface area contributed by atoms with E-state index >= 15 is 0 Å². The summed E-state index contributed by atoms with van der Waals surface area (Å²) >= 11 is 0. The number of methoxy groups -OCH3 is 2. The first-order valence-electron chi connectivity index (χ1n) is 6.92. The van der Waals surface area contributed by atoms with Gasteiger partial charge in [-0.25, -0.2) is 4.98 Å². The summed E-state index contributed by atoms with van der Waals surface area (Å²) in [4.78, 5) is 4.40. The topological polar surface area (TPSA) is 74.3 Å². The van der Waals surface area contributed by atoms with Crippen molar-refractivity contribution in [3.05, 3.63) is 42.0 Å². The number of ether oxygens (including phenoxy) is 2. The van der Waals surface area contributed by atoms with Crippen LogP contribution in [0.5, 0.6) is 11.5 Å². The molecule has 0 aliphatic rings. The van der Waals surface area contributed by atoms with Gasteiger partial charge in [-0.2, -0.15) is 0 Å². The standard InChI is InChI=1S/C15H22N4O2/c1-4-19-9-8-17-14(19)10-11(18-16)15-12(20-2)6-5-7-13(15)21-3/h5-9,11,18H,4,10,16H2,1-3H3. The molecule has 0 fully saturated rings. The molecule has 0 saturated heterocycles. The molecule has 1 aromatic carbocycles. The largest absolute Gasteiger partial charge is 0.496 e. The SMILES string of the molecule is CCn1ccnc1CC(NN)c1c(OC)cccc1OC. The monoisotopic (exact) mass is 290 g/mol. The van der Waals surface area contributed by atoms with Gasteiger partial charge in [-0.1, -0.05) is 6.07 Å². The van der Waals surface area contributed by atoms with Gasteiger partial charge in [0.05, 0.1) is 25.8 Å². The van der Waals surface area contributed by atoms with Gasteiger partial charge in [0.15, 0.2) is 0 Å². The van der Waals surface area contributed by atoms with Crippen molar-refractivity contribution in [2.75, 3.05) is 14.2 Å². The van der Waals surface area contributed by atoms with Crippen molar-refractivity contribution >= 4 is 0 Å². The zero-order valence-corrected chi connectivity index (χ0v) is 12.7. The molecule has 0 spiro atoms. The lowest BCUT2D eigenvalue weighted by molar-refractivity contribution is 0.368. The third-order valence-corrected chi connectivity index (χ3v) is 3.54. The van der Waals surface area contributed by atoms with E-state index in [-0.39, 0.29) is 6.04 Å². The van der Waals surface area contributed by atoms with Crippen LogP contribution in [0.4, 0.5) is 0 Å². The van der Waals surface area contributed by atoms with Gasteiger partial charge in [-0.05, 0) is 19.1 Å². The van der Waals surface area contributed by atoms with Crippen LogP contribution in [0.1, 0.15) is 24.4 Å². The Bertz CT molecular complexity index is 561. The second kappa shape index (κ2) is 7.10. The molecule has 21 heavy (non-hydrogen) atoms. The molecule has 2 aromatic rings. The zero-order valence-electron chi connectivity index (χ0n) is 12.7. The van der Waals surface area contributed by atoms with Gasteiger partial charge in [0.1, 0.15) is 17.3 Å². The van der Waals surface area contributed by atoms with Gasteiger partial charge in [0, 0.05) is 25.4 Å². The van der Waals surface area contributed by atoms with Crippen LogP contribution >= 0.6 is 0 Å². The summed E-state index contributed by atoms with van der Waals surface area (Å²) in [7, 11) is 3.28. The number of hydrogen-bond donors (Lipinski definition) is 2. The average Bonchev–Trinajstić information content (AvgIpc) is 2.99. The molecule has 1 atom stereocenters. The highest BCUT2D eigenvalue weighted by Gasteiger charge is 2.21. The van der Waals surface area contributed by atoms with Gasteiger partial charge in [0.2, 0.25) is 0 Å². The second-order valence-corrected chi connectivity index (χ2v) is 4.63. The predicted molar refractivity (Wildman–Crippen MR) is 81.2 cm³/mol. The fourth-order valence-electron chi connectivity index (χ4n) is 2.47. The summed E-state index contributed by atoms with van der Waals surface area (Å²) in [5, 5.41) is 0. The van der Waals surface area contributed by atoms with Gasteiger partial charge < -0.3 is 14.0 Å². The molecule has 3 N–H and O–H groups in total. The van der Waals surface area contributed by atoms with Gasteiger partial charge in [-0.3, -0.25) is 11.3 Å². The molecule has 0 aliphatic heterocycles. The minimum Gasteiger partial charge on any atom is -0.496 e. The number of hydrazine groups is 1. The number of imidazole rings is 1. The van der Waals surface area contributed by atoms with Crippen molar-refractivity contribution in [3.8, 4) is 11.5 Å². The van der Waals surface area contributed by atoms with E-state index in [1.165, 1.54) is 0 Å². The number of rotatable bonds is 7. The fourth-order valence-corrected chi connectivity index (χ4v) is 2.47. The second-order valence-electron chi connectivity index (χ2n) is 4.63. The van der Waals surface area contributed by atoms with Crippen molar-refractivity contribution in [2.24, 2.45) is 5.84 Å². The summed E-state index contributed by atoms with van der Waals surface area (Å²) in [6.07, 6.45) is 4.41. The Hall–Kier alpha value is -2.05. The first-order chi connectivity index (χ1) is 10.2. The smallest absolute Gasteiger partial charge is 0.127 e. The minimum absolute atomic E-state index is 0.149. The Morgan fingerprint density at radius 2 is 1.95 bits per heavy atom. The van der Waals surface area contributed by atoms with E-state index < -0.39 is 0 Å². The molecule has 0 aliphatic carbocycles. The molecular formula is C15H22N4O2. The van der Waals surface area contributed by atoms with Crippen LogP contribution in [-0.2, 0) is 13.0 Å². The zero-order chi connectivity index (χ0) is 15.2. The van der Waals surface area contributed by atoms with Crippen molar-refractivity contribution in [1.82, 2.24) is 15.0 Å². The Labute approximate surface area is 124 Å². The lowest BCUT2D eigenvalue weighted by Crippen LogP contribution is -2.31. The summed E-state index contributed by atoms with van der Waals surface area (Å²) in [5.74, 6) is 8.21. The van der Waals surface area contributed by atoms with E-state index in [0.717, 1.165) is 29.4 Å². The average molecular weight is 290 g/mol. The normalized spacial score (nSPS) is 12.2. The highest BCUT2D eigenvalue weighted by molar-refractivity contribution is 5.47. The van der Waals surface area contributed by atoms with E-state index in [1.54, 1.807) is 20.4 Å². The summed E-state index contributed by atoms with van der Waals surface area (Å²) in [5.41, 5.74) is 3.74. The van der Waals surface area contributed by atoms with Gasteiger partial charge >= 0.3 is 0 Å². The number of aryl methyl sites for hydroxylation is 1. The summed E-state index contributed by atoms with van der Waals surface area (Å²) < 4.78 is 13.0. The quantitative estimate of drug-likeness (QED) is 0.599. The van der Waals surface area contributed by atoms with E-state index in [0.29, 0.717) is 6.42 Å². The van der Waals surface area contributed by atoms with Crippen LogP contribution in [0.25, 0.3) is 0 Å². The fraction of sp³-hybridized carbons (Fsp3) is 0.400. The van der Waals surface area contributed by atoms with Gasteiger partial charge in [0.25, 0.3) is 0 Å². The molecule has 1 heterocycles. The van der Waals surface area contributed by atoms with Crippen LogP contribution in [0, 0.1) is 0 Å². The number of nitrogens with zero attached hydrogens (tertiary/aromatic N) is 2. The molecule has 6 heteroatoms. The Morgan fingerprint density at radius 1 is 1.29 bits per heavy atom. The van der Waals surface area contributed by atoms with E-state index in [1.807, 2.05) is 24.4 Å². The lowest BCUT2D eigenvalue weighted by atomic mass is 10.0. The Morgan fingerprint density at radius 3 is 2.48 bits per heavy atom. The molecule has 0 bridgehead atoms. The van der Waals surface area contributed by atoms with E-state index in [2.05, 4.69) is 21.9 Å². The molecule has 0 saturated carbocycles. The van der Waals surface area contributed by atoms with Crippen LogP contribution in [0.2, 0.25) is 0 Å². The maximum atomic E-state index is 5.76. The predicted octanol–water partition coefficient (Wildman–Crippen LogP) is 1.67. The van der Waals surface area contributed by atoms with E-state index in [9.17, 15) is 0 Å². The number of nitrogens with two attached hydrogens (primary N) is 1. The molecule has 114 valence electrons.